The molecule has 1 aliphatic rings. The van der Waals surface area contributed by atoms with Gasteiger partial charge in [0.25, 0.3) is 5.91 Å². The van der Waals surface area contributed by atoms with Gasteiger partial charge in [-0.15, -0.1) is 0 Å². The Morgan fingerprint density at radius 1 is 0.963 bits per heavy atom. The molecule has 0 unspecified atom stereocenters. The van der Waals surface area contributed by atoms with Gasteiger partial charge in [0.15, 0.2) is 0 Å². The molecule has 0 saturated heterocycles. The molecule has 5 nitrogen and oxygen atoms in total. The van der Waals surface area contributed by atoms with Crippen molar-refractivity contribution in [1.29, 1.82) is 0 Å². The maximum Gasteiger partial charge on any atom is 0.256 e. The van der Waals surface area contributed by atoms with E-state index in [9.17, 15) is 4.79 Å². The molecule has 5 heteroatoms. The molecule has 2 heterocycles. The summed E-state index contributed by atoms with van der Waals surface area (Å²) in [7, 11) is 0. The number of para-hydroxylation sites is 2. The first-order valence-electron chi connectivity index (χ1n) is 8.83. The lowest BCUT2D eigenvalue weighted by atomic mass is 10.0. The molecule has 132 valence electrons. The highest BCUT2D eigenvalue weighted by Gasteiger charge is 2.19. The van der Waals surface area contributed by atoms with Crippen LogP contribution in [0.15, 0.2) is 66.7 Å². The summed E-state index contributed by atoms with van der Waals surface area (Å²) < 4.78 is 5.46. The van der Waals surface area contributed by atoms with Crippen molar-refractivity contribution < 1.29 is 9.53 Å². The quantitative estimate of drug-likeness (QED) is 0.568. The van der Waals surface area contributed by atoms with Crippen molar-refractivity contribution in [2.75, 3.05) is 5.32 Å². The number of H-pyrrole nitrogens is 1. The van der Waals surface area contributed by atoms with Crippen molar-refractivity contribution in [3.05, 3.63) is 83.4 Å². The van der Waals surface area contributed by atoms with Gasteiger partial charge in [-0.3, -0.25) is 4.79 Å². The lowest BCUT2D eigenvalue weighted by Crippen LogP contribution is -2.14. The number of anilines is 1. The lowest BCUT2D eigenvalue weighted by Gasteiger charge is -2.09. The van der Waals surface area contributed by atoms with E-state index in [2.05, 4.69) is 15.3 Å². The van der Waals surface area contributed by atoms with Crippen LogP contribution in [0.5, 0.6) is 0 Å². The fraction of sp³-hybridized carbons (Fsp3) is 0.0909. The molecule has 1 aromatic heterocycles. The van der Waals surface area contributed by atoms with Gasteiger partial charge in [-0.1, -0.05) is 24.3 Å². The number of ether oxygens (including phenoxy) is 1. The van der Waals surface area contributed by atoms with Crippen molar-refractivity contribution in [2.24, 2.45) is 0 Å². The third-order valence-corrected chi connectivity index (χ3v) is 4.83. The number of aromatic nitrogens is 2. The largest absolute Gasteiger partial charge is 0.372 e. The monoisotopic (exact) mass is 355 g/mol. The summed E-state index contributed by atoms with van der Waals surface area (Å²) in [6, 6.07) is 21.3. The van der Waals surface area contributed by atoms with Gasteiger partial charge in [-0.05, 0) is 53.6 Å². The van der Waals surface area contributed by atoms with E-state index in [1.165, 1.54) is 0 Å². The van der Waals surface area contributed by atoms with E-state index in [4.69, 9.17) is 4.74 Å². The van der Waals surface area contributed by atoms with E-state index < -0.39 is 0 Å². The number of imidazole rings is 1. The van der Waals surface area contributed by atoms with Crippen LogP contribution in [0, 0.1) is 0 Å². The predicted molar refractivity (Wildman–Crippen MR) is 104 cm³/mol. The van der Waals surface area contributed by atoms with Crippen molar-refractivity contribution >= 4 is 22.6 Å². The molecule has 1 aliphatic heterocycles. The van der Waals surface area contributed by atoms with Gasteiger partial charge < -0.3 is 15.0 Å². The number of nitrogens with one attached hydrogen (secondary N) is 2. The molecule has 0 radical (unpaired) electrons. The highest BCUT2D eigenvalue weighted by atomic mass is 16.5. The van der Waals surface area contributed by atoms with Gasteiger partial charge >= 0.3 is 0 Å². The van der Waals surface area contributed by atoms with Gasteiger partial charge in [-0.2, -0.15) is 0 Å². The Morgan fingerprint density at radius 2 is 1.81 bits per heavy atom. The topological polar surface area (TPSA) is 67.0 Å². The van der Waals surface area contributed by atoms with Crippen LogP contribution >= 0.6 is 0 Å². The van der Waals surface area contributed by atoms with Gasteiger partial charge in [0, 0.05) is 16.8 Å². The van der Waals surface area contributed by atoms with E-state index in [1.54, 1.807) is 0 Å². The number of amides is 1. The van der Waals surface area contributed by atoms with Crippen molar-refractivity contribution in [3.63, 3.8) is 0 Å². The molecule has 0 spiro atoms. The van der Waals surface area contributed by atoms with Crippen LogP contribution in [0.25, 0.3) is 22.4 Å². The molecule has 0 atom stereocenters. The second kappa shape index (κ2) is 6.37. The summed E-state index contributed by atoms with van der Waals surface area (Å²) >= 11 is 0. The Balaban J connectivity index is 1.38. The fourth-order valence-corrected chi connectivity index (χ4v) is 3.42. The maximum atomic E-state index is 12.7. The van der Waals surface area contributed by atoms with Crippen molar-refractivity contribution in [1.82, 2.24) is 9.97 Å². The molecule has 0 saturated carbocycles. The van der Waals surface area contributed by atoms with Gasteiger partial charge in [0.2, 0.25) is 0 Å². The molecular formula is C22H17N3O2. The second-order valence-corrected chi connectivity index (χ2v) is 6.57. The Morgan fingerprint density at radius 3 is 2.67 bits per heavy atom. The number of aromatic amines is 1. The first kappa shape index (κ1) is 15.8. The zero-order valence-corrected chi connectivity index (χ0v) is 14.5. The molecule has 5 rings (SSSR count). The number of carbonyl (C=O) groups excluding carboxylic acids is 1. The number of nitrogens with zero attached hydrogens (tertiary/aromatic N) is 1. The van der Waals surface area contributed by atoms with E-state index in [0.717, 1.165) is 39.2 Å². The normalized spacial score (nSPS) is 12.9. The van der Waals surface area contributed by atoms with Crippen LogP contribution in [0.1, 0.15) is 21.5 Å². The van der Waals surface area contributed by atoms with E-state index in [-0.39, 0.29) is 5.91 Å². The molecule has 0 fully saturated rings. The summed E-state index contributed by atoms with van der Waals surface area (Å²) in [5.74, 6) is 0.695. The smallest absolute Gasteiger partial charge is 0.256 e. The fourth-order valence-electron chi connectivity index (χ4n) is 3.42. The molecule has 1 amide bonds. The number of hydrogen-bond acceptors (Lipinski definition) is 3. The third-order valence-electron chi connectivity index (χ3n) is 4.83. The first-order chi connectivity index (χ1) is 13.3. The van der Waals surface area contributed by atoms with Crippen LogP contribution < -0.4 is 5.32 Å². The van der Waals surface area contributed by atoms with Crippen LogP contribution in [-0.4, -0.2) is 15.9 Å². The van der Waals surface area contributed by atoms with Gasteiger partial charge in [0.05, 0.1) is 24.2 Å². The van der Waals surface area contributed by atoms with Crippen LogP contribution in [0.2, 0.25) is 0 Å². The summed E-state index contributed by atoms with van der Waals surface area (Å²) in [6.45, 7) is 1.06. The number of hydrogen-bond donors (Lipinski definition) is 2. The minimum atomic E-state index is -0.117. The molecule has 0 bridgehead atoms. The van der Waals surface area contributed by atoms with Crippen molar-refractivity contribution in [2.45, 2.75) is 13.2 Å². The van der Waals surface area contributed by atoms with Crippen LogP contribution in [-0.2, 0) is 18.0 Å². The molecular weight excluding hydrogens is 338 g/mol. The SMILES string of the molecule is O=C(Nc1ccc(-c2nc3ccccc3[nH]2)cc1)c1cccc2c1COC2. The minimum Gasteiger partial charge on any atom is -0.372 e. The molecule has 0 aliphatic carbocycles. The first-order valence-corrected chi connectivity index (χ1v) is 8.83. The number of fused-ring (bicyclic) bond motifs is 2. The average Bonchev–Trinajstić information content (AvgIpc) is 3.35. The summed E-state index contributed by atoms with van der Waals surface area (Å²) in [6.07, 6.45) is 0. The Labute approximate surface area is 156 Å². The Kier molecular flexibility index (Phi) is 3.73. The molecule has 4 aromatic rings. The van der Waals surface area contributed by atoms with Gasteiger partial charge in [-0.25, -0.2) is 4.98 Å². The van der Waals surface area contributed by atoms with Crippen molar-refractivity contribution in [3.8, 4) is 11.4 Å². The molecule has 2 N–H and O–H groups in total. The highest BCUT2D eigenvalue weighted by molar-refractivity contribution is 6.05. The zero-order valence-electron chi connectivity index (χ0n) is 14.5. The van der Waals surface area contributed by atoms with Gasteiger partial charge in [0.1, 0.15) is 5.82 Å². The average molecular weight is 355 g/mol. The molecule has 3 aromatic carbocycles. The molecule has 27 heavy (non-hydrogen) atoms. The van der Waals surface area contributed by atoms with Crippen LogP contribution in [0.4, 0.5) is 5.69 Å². The van der Waals surface area contributed by atoms with E-state index in [1.807, 2.05) is 66.7 Å². The lowest BCUT2D eigenvalue weighted by molar-refractivity contribution is 0.102. The summed E-state index contributed by atoms with van der Waals surface area (Å²) in [5, 5.41) is 2.97. The third kappa shape index (κ3) is 2.88. The minimum absolute atomic E-state index is 0.117. The zero-order chi connectivity index (χ0) is 18.2. The number of benzene rings is 3. The summed E-state index contributed by atoms with van der Waals surface area (Å²) in [4.78, 5) is 20.6. The van der Waals surface area contributed by atoms with Crippen LogP contribution in [0.3, 0.4) is 0 Å². The standard InChI is InChI=1S/C22H17N3O2/c26-22(17-5-3-4-15-12-27-13-18(15)17)23-16-10-8-14(9-11-16)21-24-19-6-1-2-7-20(19)25-21/h1-11H,12-13H2,(H,23,26)(H,24,25). The Hall–Kier alpha value is -3.44. The number of rotatable bonds is 3. The van der Waals surface area contributed by atoms with E-state index in [0.29, 0.717) is 18.8 Å². The number of carbonyl (C=O) groups is 1. The Bertz CT molecular complexity index is 1110. The predicted octanol–water partition coefficient (Wildman–Crippen LogP) is 4.51. The van der Waals surface area contributed by atoms with E-state index >= 15 is 0 Å². The second-order valence-electron chi connectivity index (χ2n) is 6.57. The maximum absolute atomic E-state index is 12.7. The summed E-state index contributed by atoms with van der Waals surface area (Å²) in [5.41, 5.74) is 6.40. The highest BCUT2D eigenvalue weighted by Crippen LogP contribution is 2.25.